The van der Waals surface area contributed by atoms with Gasteiger partial charge in [0.1, 0.15) is 6.17 Å². The Bertz CT molecular complexity index is 690. The summed E-state index contributed by atoms with van der Waals surface area (Å²) in [6.07, 6.45) is 0.998. The molecule has 6 heteroatoms. The lowest BCUT2D eigenvalue weighted by Crippen LogP contribution is -2.49. The monoisotopic (exact) mass is 380 g/mol. The van der Waals surface area contributed by atoms with Crippen LogP contribution < -0.4 is 4.90 Å². The van der Waals surface area contributed by atoms with Gasteiger partial charge < -0.3 is 9.80 Å². The van der Waals surface area contributed by atoms with Gasteiger partial charge in [-0.1, -0.05) is 17.7 Å². The molecule has 3 atom stereocenters. The zero-order valence-corrected chi connectivity index (χ0v) is 15.6. The maximum Gasteiger partial charge on any atom is 0.183 e. The molecular weight excluding hydrogens is 359 g/mol. The van der Waals surface area contributed by atoms with Gasteiger partial charge in [0, 0.05) is 48.1 Å². The van der Waals surface area contributed by atoms with Crippen LogP contribution in [0, 0.1) is 5.92 Å². The Balaban J connectivity index is 1.42. The third kappa shape index (κ3) is 3.54. The van der Waals surface area contributed by atoms with Crippen LogP contribution in [0.2, 0.25) is 5.02 Å². The first-order valence-electron chi connectivity index (χ1n) is 8.91. The van der Waals surface area contributed by atoms with E-state index in [9.17, 15) is 9.18 Å². The highest BCUT2D eigenvalue weighted by atomic mass is 35.5. The van der Waals surface area contributed by atoms with Crippen LogP contribution in [0.1, 0.15) is 19.3 Å². The Kier molecular flexibility index (Phi) is 4.96. The average molecular weight is 381 g/mol. The van der Waals surface area contributed by atoms with Crippen molar-refractivity contribution >= 4 is 34.8 Å². The number of carbonyl (C=O) groups is 1. The molecule has 3 unspecified atom stereocenters. The Hall–Kier alpha value is -1.20. The van der Waals surface area contributed by atoms with Crippen molar-refractivity contribution in [3.05, 3.63) is 40.4 Å². The summed E-state index contributed by atoms with van der Waals surface area (Å²) in [6.45, 7) is 3.33. The molecule has 2 aliphatic heterocycles. The number of carbonyl (C=O) groups excluding carboxylic acids is 1. The first kappa shape index (κ1) is 17.2. The summed E-state index contributed by atoms with van der Waals surface area (Å²) in [5.41, 5.74) is 1.92. The van der Waals surface area contributed by atoms with E-state index >= 15 is 0 Å². The molecule has 134 valence electrons. The topological polar surface area (TPSA) is 23.6 Å². The van der Waals surface area contributed by atoms with E-state index in [0.29, 0.717) is 12.8 Å². The smallest absolute Gasteiger partial charge is 0.183 e. The first-order valence-corrected chi connectivity index (χ1v) is 10.2. The van der Waals surface area contributed by atoms with Crippen molar-refractivity contribution in [3.8, 4) is 0 Å². The van der Waals surface area contributed by atoms with Crippen molar-refractivity contribution in [3.63, 3.8) is 0 Å². The van der Waals surface area contributed by atoms with Crippen LogP contribution in [0.3, 0.4) is 0 Å². The zero-order valence-electron chi connectivity index (χ0n) is 14.0. The van der Waals surface area contributed by atoms with Gasteiger partial charge in [0.2, 0.25) is 0 Å². The minimum Gasteiger partial charge on any atom is -0.368 e. The fraction of sp³-hybridized carbons (Fsp3) is 0.526. The fourth-order valence-corrected chi connectivity index (χ4v) is 5.49. The van der Waals surface area contributed by atoms with Gasteiger partial charge in [-0.05, 0) is 42.9 Å². The zero-order chi connectivity index (χ0) is 17.4. The number of hydrogen-bond acceptors (Lipinski definition) is 4. The summed E-state index contributed by atoms with van der Waals surface area (Å²) in [6, 6.07) is 7.88. The maximum atomic E-state index is 13.8. The Morgan fingerprint density at radius 1 is 1.12 bits per heavy atom. The molecule has 0 aromatic heterocycles. The number of rotatable bonds is 2. The molecule has 0 N–H and O–H groups in total. The summed E-state index contributed by atoms with van der Waals surface area (Å²) < 4.78 is 13.8. The number of fused-ring (bicyclic) bond motifs is 1. The number of halogens is 2. The predicted octanol–water partition coefficient (Wildman–Crippen LogP) is 4.13. The molecule has 0 radical (unpaired) electrons. The van der Waals surface area contributed by atoms with Gasteiger partial charge >= 0.3 is 0 Å². The van der Waals surface area contributed by atoms with Crippen LogP contribution in [0.5, 0.6) is 0 Å². The van der Waals surface area contributed by atoms with Gasteiger partial charge in [0.25, 0.3) is 0 Å². The van der Waals surface area contributed by atoms with Gasteiger partial charge in [-0.25, -0.2) is 4.39 Å². The molecule has 2 heterocycles. The number of hydrogen-bond donors (Lipinski definition) is 0. The van der Waals surface area contributed by atoms with Gasteiger partial charge in [0.05, 0.1) is 5.70 Å². The fourth-order valence-electron chi connectivity index (χ4n) is 4.04. The van der Waals surface area contributed by atoms with E-state index in [-0.39, 0.29) is 17.0 Å². The second-order valence-electron chi connectivity index (χ2n) is 7.01. The number of anilines is 1. The standard InChI is InChI=1S/C19H22ClFN2OS/c20-13-2-1-3-15(10-13)22-6-8-23(9-7-22)17-12-25-18-5-4-14(21)11-16(18)19(17)24/h1-3,10,12,14,16,18H,4-9,11H2. The van der Waals surface area contributed by atoms with Crippen LogP contribution in [-0.4, -0.2) is 48.3 Å². The SMILES string of the molecule is O=C1C(N2CCN(c3cccc(Cl)c3)CC2)=CSC2CCC(F)CC12. The quantitative estimate of drug-likeness (QED) is 0.769. The normalized spacial score (nSPS) is 30.1. The molecule has 1 aliphatic carbocycles. The molecule has 3 aliphatic rings. The first-order chi connectivity index (χ1) is 12.1. The highest BCUT2D eigenvalue weighted by molar-refractivity contribution is 8.02. The molecule has 3 nitrogen and oxygen atoms in total. The number of Topliss-reactive ketones (excluding diaryl/α,β-unsaturated/α-hetero) is 1. The maximum absolute atomic E-state index is 13.8. The second kappa shape index (κ2) is 7.20. The number of ketones is 1. The number of benzene rings is 1. The van der Waals surface area contributed by atoms with E-state index in [0.717, 1.165) is 49.0 Å². The van der Waals surface area contributed by atoms with Gasteiger partial charge in [-0.3, -0.25) is 4.79 Å². The molecule has 1 saturated carbocycles. The molecule has 4 rings (SSSR count). The highest BCUT2D eigenvalue weighted by Gasteiger charge is 2.41. The van der Waals surface area contributed by atoms with Crippen molar-refractivity contribution in [2.75, 3.05) is 31.1 Å². The van der Waals surface area contributed by atoms with Crippen molar-refractivity contribution in [1.82, 2.24) is 4.90 Å². The Morgan fingerprint density at radius 3 is 2.64 bits per heavy atom. The molecule has 1 aromatic rings. The van der Waals surface area contributed by atoms with E-state index in [1.54, 1.807) is 11.8 Å². The molecule has 25 heavy (non-hydrogen) atoms. The lowest BCUT2D eigenvalue weighted by atomic mass is 9.83. The molecule has 1 aromatic carbocycles. The van der Waals surface area contributed by atoms with E-state index in [1.807, 2.05) is 23.6 Å². The van der Waals surface area contributed by atoms with Crippen LogP contribution in [0.4, 0.5) is 10.1 Å². The number of piperazine rings is 1. The van der Waals surface area contributed by atoms with E-state index in [4.69, 9.17) is 11.6 Å². The van der Waals surface area contributed by atoms with Crippen molar-refractivity contribution < 1.29 is 9.18 Å². The number of thioether (sulfide) groups is 1. The van der Waals surface area contributed by atoms with Gasteiger partial charge in [-0.2, -0.15) is 0 Å². The van der Waals surface area contributed by atoms with Crippen LogP contribution in [0.25, 0.3) is 0 Å². The molecule has 0 amide bonds. The largest absolute Gasteiger partial charge is 0.368 e. The summed E-state index contributed by atoms with van der Waals surface area (Å²) in [4.78, 5) is 17.4. The number of nitrogens with zero attached hydrogens (tertiary/aromatic N) is 2. The third-order valence-electron chi connectivity index (χ3n) is 5.46. The van der Waals surface area contributed by atoms with E-state index in [2.05, 4.69) is 15.9 Å². The minimum atomic E-state index is -0.815. The summed E-state index contributed by atoms with van der Waals surface area (Å²) in [7, 11) is 0. The summed E-state index contributed by atoms with van der Waals surface area (Å²) in [5, 5.41) is 3.04. The van der Waals surface area contributed by atoms with Crippen LogP contribution >= 0.6 is 23.4 Å². The molecule has 1 saturated heterocycles. The average Bonchev–Trinajstić information content (AvgIpc) is 2.63. The highest BCUT2D eigenvalue weighted by Crippen LogP contribution is 2.41. The van der Waals surface area contributed by atoms with Gasteiger partial charge in [-0.15, -0.1) is 11.8 Å². The third-order valence-corrected chi connectivity index (χ3v) is 6.97. The molecule has 2 fully saturated rings. The predicted molar refractivity (Wildman–Crippen MR) is 102 cm³/mol. The van der Waals surface area contributed by atoms with Crippen molar-refractivity contribution in [2.45, 2.75) is 30.7 Å². The van der Waals surface area contributed by atoms with Gasteiger partial charge in [0.15, 0.2) is 5.78 Å². The van der Waals surface area contributed by atoms with Crippen molar-refractivity contribution in [2.24, 2.45) is 5.92 Å². The Labute approximate surface area is 157 Å². The second-order valence-corrected chi connectivity index (χ2v) is 8.56. The summed E-state index contributed by atoms with van der Waals surface area (Å²) >= 11 is 7.82. The lowest BCUT2D eigenvalue weighted by Gasteiger charge is -2.42. The molecule has 0 bridgehead atoms. The lowest BCUT2D eigenvalue weighted by molar-refractivity contribution is -0.122. The number of alkyl halides is 1. The molecular formula is C19H22ClFN2OS. The van der Waals surface area contributed by atoms with Crippen LogP contribution in [0.15, 0.2) is 35.4 Å². The van der Waals surface area contributed by atoms with E-state index in [1.165, 1.54) is 0 Å². The van der Waals surface area contributed by atoms with Crippen LogP contribution in [-0.2, 0) is 4.79 Å². The van der Waals surface area contributed by atoms with E-state index < -0.39 is 6.17 Å². The minimum absolute atomic E-state index is 0.139. The summed E-state index contributed by atoms with van der Waals surface area (Å²) in [5.74, 6) is 0.0158. The number of allylic oxidation sites excluding steroid dienone is 1. The molecule has 0 spiro atoms. The van der Waals surface area contributed by atoms with Crippen molar-refractivity contribution in [1.29, 1.82) is 0 Å². The Morgan fingerprint density at radius 2 is 1.88 bits per heavy atom.